The summed E-state index contributed by atoms with van der Waals surface area (Å²) >= 11 is 4.36. The van der Waals surface area contributed by atoms with Gasteiger partial charge in [0, 0.05) is 10.0 Å². The van der Waals surface area contributed by atoms with Gasteiger partial charge in [-0.15, -0.1) is 10.2 Å². The summed E-state index contributed by atoms with van der Waals surface area (Å²) in [5.41, 5.74) is -0.497. The van der Waals surface area contributed by atoms with Gasteiger partial charge in [0.15, 0.2) is 5.82 Å². The Labute approximate surface area is 170 Å². The zero-order valence-electron chi connectivity index (χ0n) is 14.1. The van der Waals surface area contributed by atoms with Gasteiger partial charge in [-0.1, -0.05) is 52.0 Å². The summed E-state index contributed by atoms with van der Waals surface area (Å²) in [6.45, 7) is 0. The standard InChI is InChI=1S/C17H13BrF3N5OS/c18-12-7-3-1-5-10(12)15-24-25-16(26(15)22)28-9-14(27)23-13-8-4-2-6-11(13)17(19,20)21/h1-8H,9,22H2,(H,23,27). The maximum atomic E-state index is 13.0. The Balaban J connectivity index is 1.69. The van der Waals surface area contributed by atoms with Gasteiger partial charge in [-0.25, -0.2) is 4.68 Å². The van der Waals surface area contributed by atoms with E-state index in [0.717, 1.165) is 22.3 Å². The molecule has 3 rings (SSSR count). The van der Waals surface area contributed by atoms with Crippen molar-refractivity contribution in [2.45, 2.75) is 11.3 Å². The van der Waals surface area contributed by atoms with Crippen LogP contribution in [0.1, 0.15) is 5.56 Å². The van der Waals surface area contributed by atoms with Crippen molar-refractivity contribution in [3.8, 4) is 11.4 Å². The SMILES string of the molecule is Nn1c(SCC(=O)Nc2ccccc2C(F)(F)F)nnc1-c1ccccc1Br. The maximum absolute atomic E-state index is 13.0. The molecule has 1 aromatic heterocycles. The summed E-state index contributed by atoms with van der Waals surface area (Å²) in [5, 5.41) is 10.5. The van der Waals surface area contributed by atoms with Gasteiger partial charge >= 0.3 is 6.18 Å². The van der Waals surface area contributed by atoms with Crippen LogP contribution in [-0.2, 0) is 11.0 Å². The summed E-state index contributed by atoms with van der Waals surface area (Å²) in [4.78, 5) is 12.1. The molecular weight excluding hydrogens is 459 g/mol. The Morgan fingerprint density at radius 1 is 1.14 bits per heavy atom. The van der Waals surface area contributed by atoms with Crippen molar-refractivity contribution in [1.82, 2.24) is 14.9 Å². The summed E-state index contributed by atoms with van der Waals surface area (Å²) in [5.74, 6) is 5.58. The van der Waals surface area contributed by atoms with Gasteiger partial charge in [-0.2, -0.15) is 13.2 Å². The number of benzene rings is 2. The number of nitrogens with zero attached hydrogens (tertiary/aromatic N) is 3. The number of aromatic nitrogens is 3. The van der Waals surface area contributed by atoms with Crippen LogP contribution in [0.3, 0.4) is 0 Å². The highest BCUT2D eigenvalue weighted by Crippen LogP contribution is 2.34. The minimum absolute atomic E-state index is 0.183. The average Bonchev–Trinajstić information content (AvgIpc) is 3.00. The molecule has 28 heavy (non-hydrogen) atoms. The van der Waals surface area contributed by atoms with Gasteiger partial charge in [0.2, 0.25) is 11.1 Å². The van der Waals surface area contributed by atoms with Gasteiger partial charge < -0.3 is 11.2 Å². The molecule has 0 aliphatic rings. The zero-order valence-corrected chi connectivity index (χ0v) is 16.5. The van der Waals surface area contributed by atoms with Crippen molar-refractivity contribution in [3.63, 3.8) is 0 Å². The van der Waals surface area contributed by atoms with Crippen molar-refractivity contribution >= 4 is 39.3 Å². The number of nitrogens with one attached hydrogen (secondary N) is 1. The van der Waals surface area contributed by atoms with Gasteiger partial charge in [0.25, 0.3) is 0 Å². The van der Waals surface area contributed by atoms with Crippen LogP contribution >= 0.6 is 27.7 Å². The van der Waals surface area contributed by atoms with Crippen LogP contribution in [0.25, 0.3) is 11.4 Å². The van der Waals surface area contributed by atoms with E-state index in [1.165, 1.54) is 22.9 Å². The Morgan fingerprint density at radius 3 is 2.54 bits per heavy atom. The molecule has 3 aromatic rings. The molecule has 0 atom stereocenters. The second-order valence-corrected chi connectivity index (χ2v) is 7.33. The number of carbonyl (C=O) groups is 1. The van der Waals surface area contributed by atoms with Crippen molar-refractivity contribution in [2.24, 2.45) is 0 Å². The predicted molar refractivity (Wildman–Crippen MR) is 104 cm³/mol. The fourth-order valence-corrected chi connectivity index (χ4v) is 3.48. The van der Waals surface area contributed by atoms with E-state index in [2.05, 4.69) is 31.4 Å². The molecule has 0 unspecified atom stereocenters. The molecule has 0 fully saturated rings. The van der Waals surface area contributed by atoms with E-state index in [4.69, 9.17) is 5.84 Å². The quantitative estimate of drug-likeness (QED) is 0.430. The largest absolute Gasteiger partial charge is 0.418 e. The van der Waals surface area contributed by atoms with Crippen molar-refractivity contribution in [2.75, 3.05) is 16.9 Å². The average molecular weight is 472 g/mol. The molecule has 1 amide bonds. The van der Waals surface area contributed by atoms with Crippen molar-refractivity contribution in [3.05, 3.63) is 58.6 Å². The van der Waals surface area contributed by atoms with E-state index in [-0.39, 0.29) is 16.6 Å². The van der Waals surface area contributed by atoms with Crippen LogP contribution in [0.4, 0.5) is 18.9 Å². The van der Waals surface area contributed by atoms with Crippen LogP contribution in [0.5, 0.6) is 0 Å². The summed E-state index contributed by atoms with van der Waals surface area (Å²) in [7, 11) is 0. The Morgan fingerprint density at radius 2 is 1.82 bits per heavy atom. The number of hydrogen-bond donors (Lipinski definition) is 2. The van der Waals surface area contributed by atoms with Gasteiger partial charge in [0.1, 0.15) is 0 Å². The highest BCUT2D eigenvalue weighted by Gasteiger charge is 2.33. The third-order valence-electron chi connectivity index (χ3n) is 3.62. The normalized spacial score (nSPS) is 11.4. The Kier molecular flexibility index (Phi) is 5.94. The lowest BCUT2D eigenvalue weighted by molar-refractivity contribution is -0.137. The molecule has 146 valence electrons. The third-order valence-corrected chi connectivity index (χ3v) is 5.25. The smallest absolute Gasteiger partial charge is 0.335 e. The van der Waals surface area contributed by atoms with E-state index in [1.807, 2.05) is 18.2 Å². The first-order valence-corrected chi connectivity index (χ1v) is 9.59. The lowest BCUT2D eigenvalue weighted by Gasteiger charge is -2.13. The minimum atomic E-state index is -4.56. The predicted octanol–water partition coefficient (Wildman–Crippen LogP) is 4.17. The molecule has 3 N–H and O–H groups in total. The molecule has 0 saturated heterocycles. The fourth-order valence-electron chi connectivity index (χ4n) is 2.36. The van der Waals surface area contributed by atoms with E-state index >= 15 is 0 Å². The highest BCUT2D eigenvalue weighted by atomic mass is 79.9. The number of para-hydroxylation sites is 1. The topological polar surface area (TPSA) is 85.8 Å². The number of amides is 1. The third kappa shape index (κ3) is 4.47. The van der Waals surface area contributed by atoms with Gasteiger partial charge in [0.05, 0.1) is 17.0 Å². The highest BCUT2D eigenvalue weighted by molar-refractivity contribution is 9.10. The molecule has 0 aliphatic heterocycles. The summed E-state index contributed by atoms with van der Waals surface area (Å²) in [6, 6.07) is 12.0. The lowest BCUT2D eigenvalue weighted by atomic mass is 10.1. The molecule has 0 bridgehead atoms. The van der Waals surface area contributed by atoms with E-state index in [9.17, 15) is 18.0 Å². The van der Waals surface area contributed by atoms with Gasteiger partial charge in [-0.3, -0.25) is 4.79 Å². The number of halogens is 4. The second kappa shape index (κ2) is 8.23. The molecule has 0 saturated carbocycles. The molecule has 2 aromatic carbocycles. The Bertz CT molecular complexity index is 1010. The maximum Gasteiger partial charge on any atom is 0.418 e. The van der Waals surface area contributed by atoms with Crippen LogP contribution in [0.15, 0.2) is 58.2 Å². The molecular formula is C17H13BrF3N5OS. The number of thioether (sulfide) groups is 1. The van der Waals surface area contributed by atoms with Crippen LogP contribution in [-0.4, -0.2) is 26.5 Å². The number of nitrogens with two attached hydrogens (primary N) is 1. The van der Waals surface area contributed by atoms with Crippen LogP contribution in [0, 0.1) is 0 Å². The zero-order chi connectivity index (χ0) is 20.3. The molecule has 0 spiro atoms. The van der Waals surface area contributed by atoms with E-state index in [1.54, 1.807) is 6.07 Å². The molecule has 11 heteroatoms. The first kappa shape index (κ1) is 20.2. The van der Waals surface area contributed by atoms with E-state index in [0.29, 0.717) is 11.4 Å². The first-order valence-electron chi connectivity index (χ1n) is 7.81. The number of alkyl halides is 3. The summed E-state index contributed by atoms with van der Waals surface area (Å²) in [6.07, 6.45) is -4.56. The van der Waals surface area contributed by atoms with Crippen LogP contribution in [0.2, 0.25) is 0 Å². The van der Waals surface area contributed by atoms with Gasteiger partial charge in [-0.05, 0) is 24.3 Å². The lowest BCUT2D eigenvalue weighted by Crippen LogP contribution is -2.19. The number of anilines is 1. The van der Waals surface area contributed by atoms with E-state index < -0.39 is 17.6 Å². The monoisotopic (exact) mass is 471 g/mol. The minimum Gasteiger partial charge on any atom is -0.335 e. The molecule has 0 aliphatic carbocycles. The summed E-state index contributed by atoms with van der Waals surface area (Å²) < 4.78 is 41.0. The fraction of sp³-hybridized carbons (Fsp3) is 0.118. The molecule has 0 radical (unpaired) electrons. The van der Waals surface area contributed by atoms with Crippen molar-refractivity contribution < 1.29 is 18.0 Å². The first-order chi connectivity index (χ1) is 13.3. The molecule has 1 heterocycles. The number of hydrogen-bond acceptors (Lipinski definition) is 5. The number of rotatable bonds is 5. The number of nitrogen functional groups attached to an aromatic ring is 1. The molecule has 6 nitrogen and oxygen atoms in total. The van der Waals surface area contributed by atoms with Crippen LogP contribution < -0.4 is 11.2 Å². The van der Waals surface area contributed by atoms with Crippen molar-refractivity contribution in [1.29, 1.82) is 0 Å². The second-order valence-electron chi connectivity index (χ2n) is 5.54. The Hall–Kier alpha value is -2.53. The number of carbonyl (C=O) groups excluding carboxylic acids is 1.